The summed E-state index contributed by atoms with van der Waals surface area (Å²) in [6.07, 6.45) is 0. The molecule has 0 N–H and O–H groups in total. The fraction of sp³-hybridized carbons (Fsp3) is 0.188. The molecule has 5 heteroatoms. The van der Waals surface area contributed by atoms with E-state index in [1.54, 1.807) is 17.0 Å². The van der Waals surface area contributed by atoms with Gasteiger partial charge in [-0.15, -0.1) is 0 Å². The van der Waals surface area contributed by atoms with E-state index in [-0.39, 0.29) is 5.91 Å². The smallest absolute Gasteiger partial charge is 0.254 e. The van der Waals surface area contributed by atoms with Gasteiger partial charge in [-0.3, -0.25) is 4.79 Å². The van der Waals surface area contributed by atoms with E-state index in [2.05, 4.69) is 15.9 Å². The highest BCUT2D eigenvalue weighted by Crippen LogP contribution is 2.20. The second kappa shape index (κ2) is 7.05. The molecule has 0 aliphatic carbocycles. The Bertz CT molecular complexity index is 662. The third-order valence-corrected chi connectivity index (χ3v) is 4.17. The molecule has 0 bridgehead atoms. The monoisotopic (exact) mass is 369 g/mol. The van der Waals surface area contributed by atoms with Crippen LogP contribution in [0.3, 0.4) is 0 Å². The van der Waals surface area contributed by atoms with Crippen LogP contribution in [0.4, 0.5) is 4.39 Å². The Kier molecular flexibility index (Phi) is 5.37. The number of hydrogen-bond acceptors (Lipinski definition) is 1. The van der Waals surface area contributed by atoms with Crippen LogP contribution in [-0.4, -0.2) is 17.4 Å². The summed E-state index contributed by atoms with van der Waals surface area (Å²) in [7, 11) is 0. The van der Waals surface area contributed by atoms with Crippen molar-refractivity contribution in [3.8, 4) is 0 Å². The van der Waals surface area contributed by atoms with Crippen LogP contribution in [-0.2, 0) is 6.54 Å². The summed E-state index contributed by atoms with van der Waals surface area (Å²) in [5.74, 6) is -0.668. The topological polar surface area (TPSA) is 20.3 Å². The minimum atomic E-state index is -0.449. The zero-order valence-electron chi connectivity index (χ0n) is 11.4. The molecule has 0 heterocycles. The van der Waals surface area contributed by atoms with Gasteiger partial charge in [-0.25, -0.2) is 4.39 Å². The maximum atomic E-state index is 13.6. The molecule has 0 saturated heterocycles. The van der Waals surface area contributed by atoms with Crippen LogP contribution in [0.15, 0.2) is 46.9 Å². The van der Waals surface area contributed by atoms with Gasteiger partial charge >= 0.3 is 0 Å². The SMILES string of the molecule is CCN(Cc1ccccc1Cl)C(=O)c1ccc(Br)c(F)c1. The molecule has 0 aliphatic heterocycles. The van der Waals surface area contributed by atoms with Gasteiger partial charge in [-0.1, -0.05) is 29.8 Å². The van der Waals surface area contributed by atoms with E-state index in [1.807, 2.05) is 25.1 Å². The summed E-state index contributed by atoms with van der Waals surface area (Å²) in [5.41, 5.74) is 1.19. The highest BCUT2D eigenvalue weighted by atomic mass is 79.9. The second-order valence-corrected chi connectivity index (χ2v) is 5.80. The molecule has 2 rings (SSSR count). The van der Waals surface area contributed by atoms with Gasteiger partial charge in [0.25, 0.3) is 5.91 Å². The second-order valence-electron chi connectivity index (χ2n) is 4.54. The molecule has 2 aromatic rings. The van der Waals surface area contributed by atoms with E-state index in [1.165, 1.54) is 12.1 Å². The van der Waals surface area contributed by atoms with E-state index in [9.17, 15) is 9.18 Å². The number of carbonyl (C=O) groups is 1. The third-order valence-electron chi connectivity index (χ3n) is 3.15. The van der Waals surface area contributed by atoms with Gasteiger partial charge in [-0.05, 0) is 52.7 Å². The number of benzene rings is 2. The number of rotatable bonds is 4. The lowest BCUT2D eigenvalue weighted by Crippen LogP contribution is -2.30. The van der Waals surface area contributed by atoms with Gasteiger partial charge in [0.2, 0.25) is 0 Å². The summed E-state index contributed by atoms with van der Waals surface area (Å²) in [6.45, 7) is 2.79. The first-order valence-electron chi connectivity index (χ1n) is 6.50. The molecular formula is C16H14BrClFNO. The Labute approximate surface area is 136 Å². The van der Waals surface area contributed by atoms with Crippen molar-refractivity contribution < 1.29 is 9.18 Å². The summed E-state index contributed by atoms with van der Waals surface area (Å²) in [4.78, 5) is 14.1. The summed E-state index contributed by atoms with van der Waals surface area (Å²) in [5, 5.41) is 0.616. The Hall–Kier alpha value is -1.39. The van der Waals surface area contributed by atoms with Crippen LogP contribution >= 0.6 is 27.5 Å². The molecule has 0 fully saturated rings. The van der Waals surface area contributed by atoms with Crippen LogP contribution in [0.5, 0.6) is 0 Å². The van der Waals surface area contributed by atoms with E-state index in [0.717, 1.165) is 5.56 Å². The fourth-order valence-electron chi connectivity index (χ4n) is 1.97. The molecule has 2 nitrogen and oxygen atoms in total. The highest BCUT2D eigenvalue weighted by molar-refractivity contribution is 9.10. The molecule has 1 amide bonds. The Morgan fingerprint density at radius 2 is 2.00 bits per heavy atom. The fourth-order valence-corrected chi connectivity index (χ4v) is 2.41. The first-order chi connectivity index (χ1) is 10.0. The number of hydrogen-bond donors (Lipinski definition) is 0. The maximum Gasteiger partial charge on any atom is 0.254 e. The van der Waals surface area contributed by atoms with Gasteiger partial charge in [0, 0.05) is 23.7 Å². The van der Waals surface area contributed by atoms with Crippen molar-refractivity contribution in [1.29, 1.82) is 0 Å². The average molecular weight is 371 g/mol. The minimum Gasteiger partial charge on any atom is -0.335 e. The Balaban J connectivity index is 2.22. The summed E-state index contributed by atoms with van der Waals surface area (Å²) >= 11 is 9.20. The van der Waals surface area contributed by atoms with Crippen LogP contribution in [0.1, 0.15) is 22.8 Å². The van der Waals surface area contributed by atoms with Gasteiger partial charge in [0.1, 0.15) is 5.82 Å². The van der Waals surface area contributed by atoms with Crippen molar-refractivity contribution in [3.63, 3.8) is 0 Å². The number of nitrogens with zero attached hydrogens (tertiary/aromatic N) is 1. The molecule has 0 unspecified atom stereocenters. The number of carbonyl (C=O) groups excluding carboxylic acids is 1. The Morgan fingerprint density at radius 1 is 1.29 bits per heavy atom. The number of amides is 1. The standard InChI is InChI=1S/C16H14BrClFNO/c1-2-20(10-12-5-3-4-6-14(12)18)16(21)11-7-8-13(17)15(19)9-11/h3-9H,2,10H2,1H3. The third kappa shape index (κ3) is 3.83. The maximum absolute atomic E-state index is 13.6. The number of halogens is 3. The van der Waals surface area contributed by atoms with E-state index in [0.29, 0.717) is 28.1 Å². The first-order valence-corrected chi connectivity index (χ1v) is 7.67. The molecule has 0 atom stereocenters. The molecule has 0 aliphatic rings. The van der Waals surface area contributed by atoms with Crippen LogP contribution in [0.25, 0.3) is 0 Å². The van der Waals surface area contributed by atoms with Crippen molar-refractivity contribution in [2.75, 3.05) is 6.54 Å². The Morgan fingerprint density at radius 3 is 2.62 bits per heavy atom. The first kappa shape index (κ1) is 16.0. The van der Waals surface area contributed by atoms with Crippen molar-refractivity contribution >= 4 is 33.4 Å². The zero-order chi connectivity index (χ0) is 15.4. The van der Waals surface area contributed by atoms with E-state index < -0.39 is 5.82 Å². The lowest BCUT2D eigenvalue weighted by Gasteiger charge is -2.21. The minimum absolute atomic E-state index is 0.219. The largest absolute Gasteiger partial charge is 0.335 e. The molecular weight excluding hydrogens is 357 g/mol. The lowest BCUT2D eigenvalue weighted by atomic mass is 10.1. The van der Waals surface area contributed by atoms with Gasteiger partial charge in [0.15, 0.2) is 0 Å². The molecule has 0 radical (unpaired) electrons. The van der Waals surface area contributed by atoms with Crippen LogP contribution in [0.2, 0.25) is 5.02 Å². The van der Waals surface area contributed by atoms with Crippen LogP contribution in [0, 0.1) is 5.82 Å². The van der Waals surface area contributed by atoms with E-state index >= 15 is 0 Å². The summed E-state index contributed by atoms with van der Waals surface area (Å²) < 4.78 is 13.9. The zero-order valence-corrected chi connectivity index (χ0v) is 13.8. The quantitative estimate of drug-likeness (QED) is 0.749. The van der Waals surface area contributed by atoms with Crippen LogP contribution < -0.4 is 0 Å². The van der Waals surface area contributed by atoms with Crippen molar-refractivity contribution in [3.05, 3.63) is 68.9 Å². The van der Waals surface area contributed by atoms with Crippen molar-refractivity contribution in [2.45, 2.75) is 13.5 Å². The van der Waals surface area contributed by atoms with Crippen molar-refractivity contribution in [1.82, 2.24) is 4.90 Å². The highest BCUT2D eigenvalue weighted by Gasteiger charge is 2.16. The van der Waals surface area contributed by atoms with E-state index in [4.69, 9.17) is 11.6 Å². The molecule has 110 valence electrons. The predicted octanol–water partition coefficient (Wildman–Crippen LogP) is 4.90. The van der Waals surface area contributed by atoms with Crippen molar-refractivity contribution in [2.24, 2.45) is 0 Å². The lowest BCUT2D eigenvalue weighted by molar-refractivity contribution is 0.0752. The predicted molar refractivity (Wildman–Crippen MR) is 86.0 cm³/mol. The molecule has 0 aromatic heterocycles. The molecule has 21 heavy (non-hydrogen) atoms. The molecule has 2 aromatic carbocycles. The molecule has 0 spiro atoms. The molecule has 0 saturated carbocycles. The summed E-state index contributed by atoms with van der Waals surface area (Å²) in [6, 6.07) is 11.8. The normalized spacial score (nSPS) is 10.5. The average Bonchev–Trinajstić information content (AvgIpc) is 2.48. The van der Waals surface area contributed by atoms with Gasteiger partial charge < -0.3 is 4.90 Å². The van der Waals surface area contributed by atoms with Gasteiger partial charge in [-0.2, -0.15) is 0 Å². The van der Waals surface area contributed by atoms with Gasteiger partial charge in [0.05, 0.1) is 4.47 Å².